The number of anilines is 1. The Kier molecular flexibility index (Phi) is 2.88. The summed E-state index contributed by atoms with van der Waals surface area (Å²) in [4.78, 5) is 2.29. The molecule has 6 heteroatoms. The van der Waals surface area contributed by atoms with E-state index in [2.05, 4.69) is 26.3 Å². The van der Waals surface area contributed by atoms with E-state index in [9.17, 15) is 0 Å². The molecule has 2 aliphatic rings. The van der Waals surface area contributed by atoms with Gasteiger partial charge in [-0.15, -0.1) is 5.10 Å². The first kappa shape index (κ1) is 11.8. The second-order valence-corrected chi connectivity index (χ2v) is 5.35. The fraction of sp³-hybridized carbons (Fsp3) is 0.500. The number of hydrogen-bond acceptors (Lipinski definition) is 5. The molecule has 6 nitrogen and oxygen atoms in total. The molecule has 2 aromatic heterocycles. The number of ether oxygens (including phenoxy) is 1. The lowest BCUT2D eigenvalue weighted by atomic mass is 10.1. The first-order valence-corrected chi connectivity index (χ1v) is 7.07. The van der Waals surface area contributed by atoms with Crippen LogP contribution in [0.15, 0.2) is 24.5 Å². The van der Waals surface area contributed by atoms with E-state index in [4.69, 9.17) is 4.74 Å². The molecule has 1 fully saturated rings. The molecule has 0 spiro atoms. The Morgan fingerprint density at radius 2 is 2.30 bits per heavy atom. The van der Waals surface area contributed by atoms with E-state index in [1.165, 1.54) is 5.56 Å². The van der Waals surface area contributed by atoms with Gasteiger partial charge in [0.15, 0.2) is 5.82 Å². The van der Waals surface area contributed by atoms with Gasteiger partial charge < -0.3 is 9.64 Å². The topological polar surface area (TPSA) is 56.1 Å². The van der Waals surface area contributed by atoms with Crippen molar-refractivity contribution in [3.05, 3.63) is 35.8 Å². The van der Waals surface area contributed by atoms with E-state index in [0.717, 1.165) is 44.0 Å². The first-order valence-electron chi connectivity index (χ1n) is 7.07. The summed E-state index contributed by atoms with van der Waals surface area (Å²) in [6.07, 6.45) is 5.83. The van der Waals surface area contributed by atoms with Crippen LogP contribution in [0.2, 0.25) is 0 Å². The minimum atomic E-state index is 0.430. The van der Waals surface area contributed by atoms with E-state index in [0.29, 0.717) is 12.6 Å². The van der Waals surface area contributed by atoms with E-state index in [-0.39, 0.29) is 0 Å². The van der Waals surface area contributed by atoms with Gasteiger partial charge in [0.2, 0.25) is 0 Å². The molecule has 4 rings (SSSR count). The summed E-state index contributed by atoms with van der Waals surface area (Å²) in [5, 5.41) is 13.1. The molecule has 0 amide bonds. The highest BCUT2D eigenvalue weighted by molar-refractivity contribution is 5.42. The van der Waals surface area contributed by atoms with Crippen LogP contribution in [0.4, 0.5) is 5.82 Å². The lowest BCUT2D eigenvalue weighted by Gasteiger charge is -2.20. The molecule has 1 atom stereocenters. The summed E-state index contributed by atoms with van der Waals surface area (Å²) >= 11 is 0. The minimum absolute atomic E-state index is 0.430. The predicted molar refractivity (Wildman–Crippen MR) is 73.5 cm³/mol. The number of aromatic nitrogens is 4. The lowest BCUT2D eigenvalue weighted by molar-refractivity contribution is 0.109. The smallest absolute Gasteiger partial charge is 0.151 e. The molecule has 1 unspecified atom stereocenters. The van der Waals surface area contributed by atoms with Gasteiger partial charge in [0, 0.05) is 37.5 Å². The second-order valence-electron chi connectivity index (χ2n) is 5.35. The molecule has 20 heavy (non-hydrogen) atoms. The molecule has 0 bridgehead atoms. The molecular weight excluding hydrogens is 254 g/mol. The van der Waals surface area contributed by atoms with Crippen molar-refractivity contribution in [2.45, 2.75) is 25.5 Å². The van der Waals surface area contributed by atoms with Gasteiger partial charge in [0.1, 0.15) is 0 Å². The third kappa shape index (κ3) is 2.06. The summed E-state index contributed by atoms with van der Waals surface area (Å²) in [5.41, 5.74) is 2.27. The van der Waals surface area contributed by atoms with Crippen LogP contribution in [-0.2, 0) is 17.8 Å². The third-order valence-electron chi connectivity index (χ3n) is 4.07. The zero-order valence-corrected chi connectivity index (χ0v) is 11.3. The standard InChI is InChI=1S/C14H17N5O/c1-4-15-19(5-1)12-2-6-18(9-12)14-8-11-10-20-7-3-13(11)16-17-14/h1,4-5,8,12H,2-3,6-7,9-10H2. The fourth-order valence-corrected chi connectivity index (χ4v) is 2.95. The fourth-order valence-electron chi connectivity index (χ4n) is 2.95. The van der Waals surface area contributed by atoms with E-state index >= 15 is 0 Å². The maximum Gasteiger partial charge on any atom is 0.151 e. The van der Waals surface area contributed by atoms with Crippen LogP contribution in [0.25, 0.3) is 0 Å². The molecule has 2 aliphatic heterocycles. The molecule has 0 radical (unpaired) electrons. The van der Waals surface area contributed by atoms with E-state index < -0.39 is 0 Å². The second kappa shape index (κ2) is 4.86. The number of rotatable bonds is 2. The Bertz CT molecular complexity index is 598. The predicted octanol–water partition coefficient (Wildman–Crippen LogP) is 1.20. The zero-order valence-electron chi connectivity index (χ0n) is 11.3. The van der Waals surface area contributed by atoms with E-state index in [1.54, 1.807) is 0 Å². The largest absolute Gasteiger partial charge is 0.376 e. The van der Waals surface area contributed by atoms with Gasteiger partial charge >= 0.3 is 0 Å². The summed E-state index contributed by atoms with van der Waals surface area (Å²) in [5.74, 6) is 0.962. The zero-order chi connectivity index (χ0) is 13.4. The maximum atomic E-state index is 5.49. The third-order valence-corrected chi connectivity index (χ3v) is 4.07. The summed E-state index contributed by atoms with van der Waals surface area (Å²) in [7, 11) is 0. The van der Waals surface area contributed by atoms with Crippen LogP contribution in [0, 0.1) is 0 Å². The molecule has 104 valence electrons. The average Bonchev–Trinajstić information content (AvgIpc) is 3.17. The van der Waals surface area contributed by atoms with Crippen molar-refractivity contribution in [3.8, 4) is 0 Å². The highest BCUT2D eigenvalue weighted by atomic mass is 16.5. The minimum Gasteiger partial charge on any atom is -0.376 e. The summed E-state index contributed by atoms with van der Waals surface area (Å²) in [6.45, 7) is 3.36. The molecular formula is C14H17N5O. The van der Waals surface area contributed by atoms with Crippen molar-refractivity contribution >= 4 is 5.82 Å². The van der Waals surface area contributed by atoms with Crippen LogP contribution in [-0.4, -0.2) is 39.7 Å². The van der Waals surface area contributed by atoms with Gasteiger partial charge in [0.25, 0.3) is 0 Å². The van der Waals surface area contributed by atoms with Gasteiger partial charge in [0.05, 0.1) is 24.9 Å². The normalized spacial score (nSPS) is 22.0. The van der Waals surface area contributed by atoms with Gasteiger partial charge in [-0.3, -0.25) is 4.68 Å². The average molecular weight is 271 g/mol. The molecule has 0 aliphatic carbocycles. The summed E-state index contributed by atoms with van der Waals surface area (Å²) in [6, 6.07) is 4.53. The molecule has 0 aromatic carbocycles. The number of fused-ring (bicyclic) bond motifs is 1. The maximum absolute atomic E-state index is 5.49. The Labute approximate surface area is 117 Å². The van der Waals surface area contributed by atoms with Crippen LogP contribution in [0.5, 0.6) is 0 Å². The molecule has 1 saturated heterocycles. The highest BCUT2D eigenvalue weighted by Crippen LogP contribution is 2.26. The van der Waals surface area contributed by atoms with Crippen molar-refractivity contribution in [2.75, 3.05) is 24.6 Å². The van der Waals surface area contributed by atoms with Crippen molar-refractivity contribution in [3.63, 3.8) is 0 Å². The first-order chi connectivity index (χ1) is 9.90. The molecule has 0 N–H and O–H groups in total. The van der Waals surface area contributed by atoms with Crippen molar-refractivity contribution < 1.29 is 4.74 Å². The molecule has 2 aromatic rings. The Hall–Kier alpha value is -1.95. The molecule has 4 heterocycles. The number of hydrogen-bond donors (Lipinski definition) is 0. The van der Waals surface area contributed by atoms with Gasteiger partial charge in [-0.25, -0.2) is 0 Å². The van der Waals surface area contributed by atoms with Gasteiger partial charge in [-0.05, 0) is 18.6 Å². The lowest BCUT2D eigenvalue weighted by Crippen LogP contribution is -2.24. The Morgan fingerprint density at radius 3 is 3.20 bits per heavy atom. The highest BCUT2D eigenvalue weighted by Gasteiger charge is 2.26. The van der Waals surface area contributed by atoms with Crippen LogP contribution < -0.4 is 4.90 Å². The van der Waals surface area contributed by atoms with Crippen LogP contribution in [0.3, 0.4) is 0 Å². The van der Waals surface area contributed by atoms with Crippen molar-refractivity contribution in [2.24, 2.45) is 0 Å². The van der Waals surface area contributed by atoms with Gasteiger partial charge in [-0.1, -0.05) is 0 Å². The summed E-state index contributed by atoms with van der Waals surface area (Å²) < 4.78 is 7.53. The molecule has 0 saturated carbocycles. The quantitative estimate of drug-likeness (QED) is 0.821. The van der Waals surface area contributed by atoms with E-state index in [1.807, 2.05) is 23.1 Å². The van der Waals surface area contributed by atoms with Crippen LogP contribution >= 0.6 is 0 Å². The van der Waals surface area contributed by atoms with Gasteiger partial charge in [-0.2, -0.15) is 10.2 Å². The van der Waals surface area contributed by atoms with Crippen molar-refractivity contribution in [1.29, 1.82) is 0 Å². The van der Waals surface area contributed by atoms with Crippen LogP contribution in [0.1, 0.15) is 23.7 Å². The SMILES string of the molecule is c1cnn(C2CCN(c3cc4c(nn3)CCOC4)C2)c1. The number of nitrogens with zero attached hydrogens (tertiary/aromatic N) is 5. The monoisotopic (exact) mass is 271 g/mol. The Morgan fingerprint density at radius 1 is 1.30 bits per heavy atom. The van der Waals surface area contributed by atoms with Crippen molar-refractivity contribution in [1.82, 2.24) is 20.0 Å². The Balaban J connectivity index is 1.54.